The summed E-state index contributed by atoms with van der Waals surface area (Å²) >= 11 is 0. The van der Waals surface area contributed by atoms with E-state index in [0.29, 0.717) is 39.0 Å². The number of nitrogens with two attached hydrogens (primary N) is 3. The maximum atomic E-state index is 13.7. The third-order valence-corrected chi connectivity index (χ3v) is 7.45. The van der Waals surface area contributed by atoms with E-state index in [1.807, 2.05) is 84.9 Å². The van der Waals surface area contributed by atoms with E-state index in [9.17, 15) is 40.7 Å². The quantitative estimate of drug-likeness (QED) is 0.0414. The number of halogens is 6. The SMILES string of the molecule is NCCCCNC(=O)NCc1ccc(CNC(=O)[C@@H](CCCN=C(N)N)NC(=O)C(c2ccccc2)c2ccccc2)cc1.O=C(O)C(F)(F)F.O=C(O)C(F)(F)F. The monoisotopic (exact) mass is 828 g/mol. The molecule has 0 heterocycles. The molecule has 12 N–H and O–H groups in total. The third-order valence-electron chi connectivity index (χ3n) is 7.45. The average molecular weight is 829 g/mol. The van der Waals surface area contributed by atoms with Crippen molar-refractivity contribution in [3.8, 4) is 0 Å². The first-order valence-electron chi connectivity index (χ1n) is 17.4. The highest BCUT2D eigenvalue weighted by Crippen LogP contribution is 2.25. The molecule has 0 saturated heterocycles. The highest BCUT2D eigenvalue weighted by Gasteiger charge is 2.39. The Labute approximate surface area is 329 Å². The van der Waals surface area contributed by atoms with E-state index in [1.165, 1.54) is 0 Å². The van der Waals surface area contributed by atoms with Gasteiger partial charge in [0.05, 0.1) is 5.92 Å². The number of aliphatic imine (C=N–C) groups is 1. The fraction of sp³-hybridized carbons (Fsp3) is 0.351. The van der Waals surface area contributed by atoms with Crippen molar-refractivity contribution in [2.24, 2.45) is 22.2 Å². The number of rotatable bonds is 17. The van der Waals surface area contributed by atoms with Gasteiger partial charge in [0, 0.05) is 26.2 Å². The molecular formula is C37H46F6N8O7. The van der Waals surface area contributed by atoms with Crippen LogP contribution in [0.5, 0.6) is 0 Å². The Balaban J connectivity index is 0.00000102. The fourth-order valence-corrected chi connectivity index (χ4v) is 4.62. The van der Waals surface area contributed by atoms with Crippen molar-refractivity contribution in [3.63, 3.8) is 0 Å². The lowest BCUT2D eigenvalue weighted by molar-refractivity contribution is -0.193. The lowest BCUT2D eigenvalue weighted by Crippen LogP contribution is -2.48. The van der Waals surface area contributed by atoms with Crippen LogP contribution in [0.4, 0.5) is 31.1 Å². The van der Waals surface area contributed by atoms with Crippen LogP contribution in [0.25, 0.3) is 0 Å². The van der Waals surface area contributed by atoms with Crippen molar-refractivity contribution < 1.29 is 60.5 Å². The van der Waals surface area contributed by atoms with Crippen molar-refractivity contribution in [2.75, 3.05) is 19.6 Å². The Hall–Kier alpha value is -6.38. The molecule has 0 aliphatic heterocycles. The van der Waals surface area contributed by atoms with Crippen LogP contribution in [-0.2, 0) is 32.3 Å². The molecule has 0 aliphatic carbocycles. The molecule has 4 amide bonds. The summed E-state index contributed by atoms with van der Waals surface area (Å²) in [6, 6.07) is 25.5. The topological polar surface area (TPSA) is 264 Å². The van der Waals surface area contributed by atoms with E-state index in [2.05, 4.69) is 26.3 Å². The first kappa shape index (κ1) is 49.6. The maximum Gasteiger partial charge on any atom is 0.490 e. The molecule has 3 aromatic carbocycles. The molecule has 0 aliphatic rings. The van der Waals surface area contributed by atoms with E-state index < -0.39 is 36.3 Å². The zero-order valence-corrected chi connectivity index (χ0v) is 31.0. The molecule has 15 nitrogen and oxygen atoms in total. The number of carboxylic acid groups (broad SMARTS) is 2. The number of carboxylic acids is 2. The summed E-state index contributed by atoms with van der Waals surface area (Å²) in [5.74, 6) is -6.70. The Morgan fingerprint density at radius 3 is 1.50 bits per heavy atom. The third kappa shape index (κ3) is 21.1. The molecule has 0 aromatic heterocycles. The Morgan fingerprint density at radius 2 is 1.09 bits per heavy atom. The number of alkyl halides is 6. The van der Waals surface area contributed by atoms with Crippen LogP contribution < -0.4 is 38.5 Å². The maximum absolute atomic E-state index is 13.7. The minimum atomic E-state index is -5.08. The number of amides is 4. The van der Waals surface area contributed by atoms with Gasteiger partial charge in [-0.1, -0.05) is 84.9 Å². The number of guanidine groups is 1. The molecule has 0 fully saturated rings. The predicted molar refractivity (Wildman–Crippen MR) is 201 cm³/mol. The van der Waals surface area contributed by atoms with Gasteiger partial charge in [0.15, 0.2) is 5.96 Å². The highest BCUT2D eigenvalue weighted by molar-refractivity contribution is 5.92. The van der Waals surface area contributed by atoms with Crippen LogP contribution >= 0.6 is 0 Å². The number of unbranched alkanes of at least 4 members (excludes halogenated alkanes) is 1. The summed E-state index contributed by atoms with van der Waals surface area (Å²) < 4.78 is 63.5. The second-order valence-corrected chi connectivity index (χ2v) is 12.0. The summed E-state index contributed by atoms with van der Waals surface area (Å²) in [5, 5.41) is 25.8. The van der Waals surface area contributed by atoms with Gasteiger partial charge in [0.25, 0.3) is 0 Å². The first-order chi connectivity index (χ1) is 27.3. The number of benzene rings is 3. The van der Waals surface area contributed by atoms with Crippen molar-refractivity contribution in [1.82, 2.24) is 21.3 Å². The second-order valence-electron chi connectivity index (χ2n) is 12.0. The smallest absolute Gasteiger partial charge is 0.475 e. The van der Waals surface area contributed by atoms with Crippen molar-refractivity contribution >= 4 is 35.7 Å². The molecular weight excluding hydrogens is 782 g/mol. The van der Waals surface area contributed by atoms with E-state index in [0.717, 1.165) is 35.1 Å². The molecule has 1 atom stereocenters. The predicted octanol–water partition coefficient (Wildman–Crippen LogP) is 3.48. The van der Waals surface area contributed by atoms with E-state index in [-0.39, 0.29) is 30.3 Å². The van der Waals surface area contributed by atoms with Crippen LogP contribution in [0.1, 0.15) is 53.9 Å². The standard InChI is InChI=1S/C33H44N8O3.2C2HF3O2/c34-19-7-8-20-38-33(44)40-23-25-17-15-24(16-18-25)22-39-30(42)28(14-9-21-37-32(35)36)41-31(43)29(26-10-3-1-4-11-26)27-12-5-2-6-13-27;2*3-2(4,5)1(6)7/h1-6,10-13,15-18,28-29H,7-9,14,19-23,34H2,(H,39,42)(H,41,43)(H4,35,36,37)(H2,38,40,44);2*(H,6,7)/t28-;;/m1../s1. The molecule has 0 unspecified atom stereocenters. The number of hydrogen-bond acceptors (Lipinski definition) is 7. The van der Waals surface area contributed by atoms with Crippen LogP contribution in [0.2, 0.25) is 0 Å². The zero-order chi connectivity index (χ0) is 43.7. The van der Waals surface area contributed by atoms with Gasteiger partial charge < -0.3 is 48.7 Å². The molecule has 58 heavy (non-hydrogen) atoms. The molecule has 0 radical (unpaired) electrons. The van der Waals surface area contributed by atoms with Crippen molar-refractivity contribution in [1.29, 1.82) is 0 Å². The van der Waals surface area contributed by atoms with Crippen LogP contribution in [0, 0.1) is 0 Å². The van der Waals surface area contributed by atoms with Crippen molar-refractivity contribution in [3.05, 3.63) is 107 Å². The minimum absolute atomic E-state index is 0.0231. The summed E-state index contributed by atoms with van der Waals surface area (Å²) in [6.07, 6.45) is -7.61. The second kappa shape index (κ2) is 25.7. The fourth-order valence-electron chi connectivity index (χ4n) is 4.62. The van der Waals surface area contributed by atoms with Gasteiger partial charge >= 0.3 is 30.3 Å². The van der Waals surface area contributed by atoms with Gasteiger partial charge in [-0.3, -0.25) is 14.6 Å². The van der Waals surface area contributed by atoms with Gasteiger partial charge in [-0.15, -0.1) is 0 Å². The number of nitrogens with one attached hydrogen (secondary N) is 4. The summed E-state index contributed by atoms with van der Waals surface area (Å²) in [7, 11) is 0. The molecule has 3 rings (SSSR count). The van der Waals surface area contributed by atoms with E-state index in [1.54, 1.807) is 0 Å². The van der Waals surface area contributed by atoms with Crippen LogP contribution in [0.15, 0.2) is 89.9 Å². The van der Waals surface area contributed by atoms with Gasteiger partial charge in [0.1, 0.15) is 6.04 Å². The first-order valence-corrected chi connectivity index (χ1v) is 17.4. The van der Waals surface area contributed by atoms with E-state index in [4.69, 9.17) is 37.0 Å². The normalized spacial score (nSPS) is 11.3. The van der Waals surface area contributed by atoms with Gasteiger partial charge in [-0.2, -0.15) is 26.3 Å². The zero-order valence-electron chi connectivity index (χ0n) is 31.0. The Morgan fingerprint density at radius 1 is 0.638 bits per heavy atom. The lowest BCUT2D eigenvalue weighted by Gasteiger charge is -2.23. The Bertz CT molecular complexity index is 1680. The van der Waals surface area contributed by atoms with Gasteiger partial charge in [-0.25, -0.2) is 14.4 Å². The summed E-state index contributed by atoms with van der Waals surface area (Å²) in [6.45, 7) is 2.17. The molecule has 3 aromatic rings. The number of hydrogen-bond donors (Lipinski definition) is 9. The summed E-state index contributed by atoms with van der Waals surface area (Å²) in [4.78, 5) is 60.8. The Kier molecular flexibility index (Phi) is 22.0. The molecule has 0 saturated carbocycles. The lowest BCUT2D eigenvalue weighted by atomic mass is 9.90. The molecule has 318 valence electrons. The highest BCUT2D eigenvalue weighted by atomic mass is 19.4. The molecule has 21 heteroatoms. The number of aliphatic carboxylic acids is 2. The molecule has 0 spiro atoms. The van der Waals surface area contributed by atoms with Crippen LogP contribution in [-0.4, -0.2) is 84.0 Å². The average Bonchev–Trinajstić information content (AvgIpc) is 3.17. The summed E-state index contributed by atoms with van der Waals surface area (Å²) in [5.41, 5.74) is 19.8. The number of carbonyl (C=O) groups is 5. The van der Waals surface area contributed by atoms with Crippen LogP contribution in [0.3, 0.4) is 0 Å². The molecule has 0 bridgehead atoms. The van der Waals surface area contributed by atoms with E-state index >= 15 is 0 Å². The largest absolute Gasteiger partial charge is 0.490 e. The van der Waals surface area contributed by atoms with Gasteiger partial charge in [0.2, 0.25) is 11.8 Å². The number of urea groups is 1. The van der Waals surface area contributed by atoms with Crippen molar-refractivity contribution in [2.45, 2.75) is 63.1 Å². The number of nitrogens with zero attached hydrogens (tertiary/aromatic N) is 1. The number of carbonyl (C=O) groups excluding carboxylic acids is 3. The minimum Gasteiger partial charge on any atom is -0.475 e. The van der Waals surface area contributed by atoms with Gasteiger partial charge in [-0.05, 0) is 54.5 Å².